The zero-order chi connectivity index (χ0) is 13.8. The monoisotopic (exact) mass is 260 g/mol. The molecule has 0 bridgehead atoms. The van der Waals surface area contributed by atoms with Crippen molar-refractivity contribution in [1.29, 1.82) is 0 Å². The van der Waals surface area contributed by atoms with Gasteiger partial charge in [-0.25, -0.2) is 4.79 Å². The zero-order valence-electron chi connectivity index (χ0n) is 10.2. The number of pyridine rings is 1. The SMILES string of the molecule is Cc1ccncc1NC(=O)Cc1occc1C(=O)O. The Morgan fingerprint density at radius 1 is 1.42 bits per heavy atom. The number of carboxylic acids is 1. The minimum Gasteiger partial charge on any atom is -0.478 e. The second-order valence-corrected chi connectivity index (χ2v) is 3.98. The third-order valence-electron chi connectivity index (χ3n) is 2.61. The number of aryl methyl sites for hydroxylation is 1. The highest BCUT2D eigenvalue weighted by atomic mass is 16.4. The molecule has 0 unspecified atom stereocenters. The summed E-state index contributed by atoms with van der Waals surface area (Å²) in [6.07, 6.45) is 4.28. The van der Waals surface area contributed by atoms with Crippen LogP contribution < -0.4 is 5.32 Å². The van der Waals surface area contributed by atoms with Crippen molar-refractivity contribution in [3.63, 3.8) is 0 Å². The number of carboxylic acid groups (broad SMARTS) is 1. The molecule has 0 saturated heterocycles. The molecule has 2 aromatic heterocycles. The molecule has 1 amide bonds. The average Bonchev–Trinajstić information content (AvgIpc) is 2.80. The van der Waals surface area contributed by atoms with Crippen LogP contribution in [0.25, 0.3) is 0 Å². The van der Waals surface area contributed by atoms with Gasteiger partial charge in [-0.15, -0.1) is 0 Å². The van der Waals surface area contributed by atoms with Crippen LogP contribution in [-0.4, -0.2) is 22.0 Å². The van der Waals surface area contributed by atoms with E-state index in [-0.39, 0.29) is 23.7 Å². The second-order valence-electron chi connectivity index (χ2n) is 3.98. The van der Waals surface area contributed by atoms with E-state index in [1.54, 1.807) is 12.3 Å². The molecule has 6 nitrogen and oxygen atoms in total. The minimum atomic E-state index is -1.12. The lowest BCUT2D eigenvalue weighted by Gasteiger charge is -2.06. The molecule has 0 atom stereocenters. The van der Waals surface area contributed by atoms with E-state index in [4.69, 9.17) is 9.52 Å². The number of furan rings is 1. The highest BCUT2D eigenvalue weighted by molar-refractivity contribution is 5.95. The van der Waals surface area contributed by atoms with Crippen LogP contribution >= 0.6 is 0 Å². The molecule has 2 aromatic rings. The fourth-order valence-electron chi connectivity index (χ4n) is 1.60. The van der Waals surface area contributed by atoms with Gasteiger partial charge in [0.05, 0.1) is 24.6 Å². The third-order valence-corrected chi connectivity index (χ3v) is 2.61. The van der Waals surface area contributed by atoms with Gasteiger partial charge in [0.1, 0.15) is 11.3 Å². The van der Waals surface area contributed by atoms with Crippen molar-refractivity contribution < 1.29 is 19.1 Å². The molecule has 2 N–H and O–H groups in total. The van der Waals surface area contributed by atoms with Crippen LogP contribution in [0.15, 0.2) is 35.2 Å². The van der Waals surface area contributed by atoms with E-state index in [0.29, 0.717) is 5.69 Å². The molecule has 0 aromatic carbocycles. The molecule has 0 aliphatic rings. The fraction of sp³-hybridized carbons (Fsp3) is 0.154. The number of rotatable bonds is 4. The summed E-state index contributed by atoms with van der Waals surface area (Å²) >= 11 is 0. The fourth-order valence-corrected chi connectivity index (χ4v) is 1.60. The first kappa shape index (κ1) is 12.8. The van der Waals surface area contributed by atoms with Crippen LogP contribution in [-0.2, 0) is 11.2 Å². The van der Waals surface area contributed by atoms with Crippen LogP contribution in [0.3, 0.4) is 0 Å². The second kappa shape index (κ2) is 5.34. The number of anilines is 1. The highest BCUT2D eigenvalue weighted by Crippen LogP contribution is 2.14. The maximum absolute atomic E-state index is 11.8. The Morgan fingerprint density at radius 3 is 2.89 bits per heavy atom. The molecule has 0 fully saturated rings. The van der Waals surface area contributed by atoms with Crippen LogP contribution in [0, 0.1) is 6.92 Å². The summed E-state index contributed by atoms with van der Waals surface area (Å²) in [5, 5.41) is 11.6. The maximum atomic E-state index is 11.8. The number of nitrogens with one attached hydrogen (secondary N) is 1. The first-order valence-electron chi connectivity index (χ1n) is 5.58. The topological polar surface area (TPSA) is 92.4 Å². The van der Waals surface area contributed by atoms with Gasteiger partial charge in [0.2, 0.25) is 5.91 Å². The number of aromatic carboxylic acids is 1. The molecule has 0 saturated carbocycles. The van der Waals surface area contributed by atoms with E-state index in [0.717, 1.165) is 5.56 Å². The van der Waals surface area contributed by atoms with E-state index in [1.807, 2.05) is 6.92 Å². The summed E-state index contributed by atoms with van der Waals surface area (Å²) in [6, 6.07) is 3.09. The highest BCUT2D eigenvalue weighted by Gasteiger charge is 2.16. The molecule has 0 spiro atoms. The van der Waals surface area contributed by atoms with E-state index >= 15 is 0 Å². The van der Waals surface area contributed by atoms with Gasteiger partial charge < -0.3 is 14.8 Å². The molecule has 0 aliphatic heterocycles. The summed E-state index contributed by atoms with van der Waals surface area (Å²) in [6.45, 7) is 1.84. The smallest absolute Gasteiger partial charge is 0.339 e. The van der Waals surface area contributed by atoms with Crippen molar-refractivity contribution in [1.82, 2.24) is 4.98 Å². The molecule has 98 valence electrons. The zero-order valence-corrected chi connectivity index (χ0v) is 10.2. The van der Waals surface area contributed by atoms with E-state index < -0.39 is 5.97 Å². The Morgan fingerprint density at radius 2 is 2.21 bits per heavy atom. The molecule has 6 heteroatoms. The molecule has 0 radical (unpaired) electrons. The van der Waals surface area contributed by atoms with Crippen molar-refractivity contribution in [2.24, 2.45) is 0 Å². The summed E-state index contributed by atoms with van der Waals surface area (Å²) < 4.78 is 5.01. The van der Waals surface area contributed by atoms with Gasteiger partial charge >= 0.3 is 5.97 Å². The van der Waals surface area contributed by atoms with Crippen molar-refractivity contribution in [2.45, 2.75) is 13.3 Å². The van der Waals surface area contributed by atoms with Gasteiger partial charge in [0.15, 0.2) is 0 Å². The number of carbonyl (C=O) groups excluding carboxylic acids is 1. The molecule has 19 heavy (non-hydrogen) atoms. The third kappa shape index (κ3) is 2.98. The molecule has 2 heterocycles. The lowest BCUT2D eigenvalue weighted by atomic mass is 10.2. The van der Waals surface area contributed by atoms with Gasteiger partial charge in [-0.3, -0.25) is 9.78 Å². The van der Waals surface area contributed by atoms with Crippen LogP contribution in [0.1, 0.15) is 21.7 Å². The van der Waals surface area contributed by atoms with Crippen LogP contribution in [0.5, 0.6) is 0 Å². The van der Waals surface area contributed by atoms with Crippen molar-refractivity contribution >= 4 is 17.6 Å². The van der Waals surface area contributed by atoms with Crippen molar-refractivity contribution in [3.8, 4) is 0 Å². The van der Waals surface area contributed by atoms with E-state index in [1.165, 1.54) is 18.5 Å². The van der Waals surface area contributed by atoms with E-state index in [2.05, 4.69) is 10.3 Å². The van der Waals surface area contributed by atoms with Gasteiger partial charge in [-0.05, 0) is 24.6 Å². The number of amides is 1. The van der Waals surface area contributed by atoms with Gasteiger partial charge in [0.25, 0.3) is 0 Å². The maximum Gasteiger partial charge on any atom is 0.339 e. The molecular weight excluding hydrogens is 248 g/mol. The van der Waals surface area contributed by atoms with Crippen molar-refractivity contribution in [2.75, 3.05) is 5.32 Å². The molecule has 2 rings (SSSR count). The lowest BCUT2D eigenvalue weighted by molar-refractivity contribution is -0.115. The Kier molecular flexibility index (Phi) is 3.61. The van der Waals surface area contributed by atoms with E-state index in [9.17, 15) is 9.59 Å². The van der Waals surface area contributed by atoms with Gasteiger partial charge in [0, 0.05) is 6.20 Å². The van der Waals surface area contributed by atoms with Crippen LogP contribution in [0.2, 0.25) is 0 Å². The number of aromatic nitrogens is 1. The average molecular weight is 260 g/mol. The molecular formula is C13H12N2O4. The first-order valence-corrected chi connectivity index (χ1v) is 5.58. The largest absolute Gasteiger partial charge is 0.478 e. The number of carbonyl (C=O) groups is 2. The summed E-state index contributed by atoms with van der Waals surface area (Å²) in [5.74, 6) is -1.34. The Bertz CT molecular complexity index is 619. The summed E-state index contributed by atoms with van der Waals surface area (Å²) in [5.41, 5.74) is 1.47. The Hall–Kier alpha value is -2.63. The van der Waals surface area contributed by atoms with Gasteiger partial charge in [-0.1, -0.05) is 0 Å². The number of hydrogen-bond donors (Lipinski definition) is 2. The van der Waals surface area contributed by atoms with Gasteiger partial charge in [-0.2, -0.15) is 0 Å². The molecule has 0 aliphatic carbocycles. The lowest BCUT2D eigenvalue weighted by Crippen LogP contribution is -2.16. The predicted octanol–water partition coefficient (Wildman–Crippen LogP) is 1.86. The Labute approximate surface area is 109 Å². The summed E-state index contributed by atoms with van der Waals surface area (Å²) in [4.78, 5) is 26.6. The summed E-state index contributed by atoms with van der Waals surface area (Å²) in [7, 11) is 0. The predicted molar refractivity (Wildman–Crippen MR) is 67.0 cm³/mol. The first-order chi connectivity index (χ1) is 9.08. The van der Waals surface area contributed by atoms with Crippen LogP contribution in [0.4, 0.5) is 5.69 Å². The minimum absolute atomic E-state index is 0.00180. The van der Waals surface area contributed by atoms with Crippen molar-refractivity contribution in [3.05, 3.63) is 47.7 Å². The number of nitrogens with zero attached hydrogens (tertiary/aromatic N) is 1. The standard InChI is InChI=1S/C13H12N2O4/c1-8-2-4-14-7-10(8)15-12(16)6-11-9(13(17)18)3-5-19-11/h2-5,7H,6H2,1H3,(H,15,16)(H,17,18). The number of hydrogen-bond acceptors (Lipinski definition) is 4. The normalized spacial score (nSPS) is 10.2. The Balaban J connectivity index is 2.08. The quantitative estimate of drug-likeness (QED) is 0.875.